The summed E-state index contributed by atoms with van der Waals surface area (Å²) in [4.78, 5) is 13.4. The highest BCUT2D eigenvalue weighted by Gasteiger charge is 2.46. The van der Waals surface area contributed by atoms with E-state index in [1.165, 1.54) is 0 Å². The third kappa shape index (κ3) is 4.14. The Morgan fingerprint density at radius 2 is 2.00 bits per heavy atom. The molecule has 1 amide bonds. The quantitative estimate of drug-likeness (QED) is 0.763. The van der Waals surface area contributed by atoms with Crippen LogP contribution >= 0.6 is 0 Å². The molecule has 1 aliphatic rings. The standard InChI is InChI=1S/C13H25NO4/c1-5-6-17-10-13(9-15)7-14(8-13)11(16)18-12(2,3)4/h15H,5-10H2,1-4H3. The predicted octanol–water partition coefficient (Wildman–Crippen LogP) is 1.64. The molecule has 0 aromatic carbocycles. The van der Waals surface area contributed by atoms with Gasteiger partial charge in [-0.2, -0.15) is 0 Å². The first kappa shape index (κ1) is 15.2. The number of aliphatic hydroxyl groups excluding tert-OH is 1. The summed E-state index contributed by atoms with van der Waals surface area (Å²) in [6.45, 7) is 9.79. The molecule has 0 spiro atoms. The van der Waals surface area contributed by atoms with Crippen LogP contribution in [-0.4, -0.2) is 54.6 Å². The Hall–Kier alpha value is -0.810. The van der Waals surface area contributed by atoms with Crippen LogP contribution in [-0.2, 0) is 9.47 Å². The predicted molar refractivity (Wildman–Crippen MR) is 68.4 cm³/mol. The van der Waals surface area contributed by atoms with Gasteiger partial charge in [0.25, 0.3) is 0 Å². The van der Waals surface area contributed by atoms with Gasteiger partial charge in [0.1, 0.15) is 5.60 Å². The highest BCUT2D eigenvalue weighted by molar-refractivity contribution is 5.69. The average molecular weight is 259 g/mol. The minimum Gasteiger partial charge on any atom is -0.444 e. The molecular formula is C13H25NO4. The van der Waals surface area contributed by atoms with E-state index in [9.17, 15) is 9.90 Å². The Balaban J connectivity index is 2.37. The molecule has 1 aliphatic heterocycles. The lowest BCUT2D eigenvalue weighted by atomic mass is 9.82. The molecule has 0 atom stereocenters. The lowest BCUT2D eigenvalue weighted by Crippen LogP contribution is -2.62. The topological polar surface area (TPSA) is 59.0 Å². The second-order valence-corrected chi connectivity index (χ2v) is 6.05. The van der Waals surface area contributed by atoms with E-state index in [1.54, 1.807) is 4.90 Å². The van der Waals surface area contributed by atoms with Crippen LogP contribution in [0.4, 0.5) is 4.79 Å². The third-order valence-electron chi connectivity index (χ3n) is 2.80. The first-order chi connectivity index (χ1) is 8.32. The van der Waals surface area contributed by atoms with Crippen LogP contribution in [0.5, 0.6) is 0 Å². The van der Waals surface area contributed by atoms with Crippen molar-refractivity contribution in [3.63, 3.8) is 0 Å². The van der Waals surface area contributed by atoms with Crippen LogP contribution in [0.2, 0.25) is 0 Å². The van der Waals surface area contributed by atoms with E-state index in [-0.39, 0.29) is 18.1 Å². The maximum atomic E-state index is 11.8. The van der Waals surface area contributed by atoms with Gasteiger partial charge >= 0.3 is 6.09 Å². The van der Waals surface area contributed by atoms with Crippen molar-refractivity contribution in [2.45, 2.75) is 39.7 Å². The Morgan fingerprint density at radius 3 is 2.44 bits per heavy atom. The molecule has 0 unspecified atom stereocenters. The summed E-state index contributed by atoms with van der Waals surface area (Å²) in [7, 11) is 0. The summed E-state index contributed by atoms with van der Waals surface area (Å²) in [5.74, 6) is 0. The Bertz CT molecular complexity index is 279. The fraction of sp³-hybridized carbons (Fsp3) is 0.923. The average Bonchev–Trinajstić information content (AvgIpc) is 2.19. The molecule has 1 saturated heterocycles. The maximum absolute atomic E-state index is 11.8. The molecule has 106 valence electrons. The molecule has 1 N–H and O–H groups in total. The van der Waals surface area contributed by atoms with Crippen LogP contribution in [0.15, 0.2) is 0 Å². The number of rotatable bonds is 5. The van der Waals surface area contributed by atoms with E-state index in [0.29, 0.717) is 26.3 Å². The van der Waals surface area contributed by atoms with Crippen LogP contribution in [0.1, 0.15) is 34.1 Å². The molecule has 0 bridgehead atoms. The van der Waals surface area contributed by atoms with Crippen LogP contribution in [0.25, 0.3) is 0 Å². The number of nitrogens with zero attached hydrogens (tertiary/aromatic N) is 1. The minimum absolute atomic E-state index is 0.0377. The zero-order valence-corrected chi connectivity index (χ0v) is 11.9. The summed E-state index contributed by atoms with van der Waals surface area (Å²) in [6.07, 6.45) is 0.638. The normalized spacial score (nSPS) is 18.4. The molecule has 1 heterocycles. The molecule has 1 fully saturated rings. The summed E-state index contributed by atoms with van der Waals surface area (Å²) < 4.78 is 10.7. The Morgan fingerprint density at radius 1 is 1.39 bits per heavy atom. The first-order valence-corrected chi connectivity index (χ1v) is 6.48. The highest BCUT2D eigenvalue weighted by atomic mass is 16.6. The van der Waals surface area contributed by atoms with E-state index >= 15 is 0 Å². The third-order valence-corrected chi connectivity index (χ3v) is 2.80. The molecule has 5 heteroatoms. The number of amides is 1. The largest absolute Gasteiger partial charge is 0.444 e. The Kier molecular flexibility index (Phi) is 4.99. The molecule has 0 aromatic heterocycles. The highest BCUT2D eigenvalue weighted by Crippen LogP contribution is 2.31. The lowest BCUT2D eigenvalue weighted by molar-refractivity contribution is -0.0944. The maximum Gasteiger partial charge on any atom is 0.410 e. The van der Waals surface area contributed by atoms with Gasteiger partial charge < -0.3 is 19.5 Å². The molecule has 5 nitrogen and oxygen atoms in total. The minimum atomic E-state index is -0.479. The van der Waals surface area contributed by atoms with Gasteiger partial charge in [0.05, 0.1) is 18.6 Å². The lowest BCUT2D eigenvalue weighted by Gasteiger charge is -2.48. The first-order valence-electron chi connectivity index (χ1n) is 6.48. The second kappa shape index (κ2) is 5.89. The molecule has 0 radical (unpaired) electrons. The fourth-order valence-electron chi connectivity index (χ4n) is 1.89. The van der Waals surface area contributed by atoms with Gasteiger partial charge in [0, 0.05) is 19.7 Å². The second-order valence-electron chi connectivity index (χ2n) is 6.05. The zero-order chi connectivity index (χ0) is 13.8. The van der Waals surface area contributed by atoms with Gasteiger partial charge in [-0.25, -0.2) is 4.79 Å². The molecular weight excluding hydrogens is 234 g/mol. The number of hydrogen-bond donors (Lipinski definition) is 1. The van der Waals surface area contributed by atoms with E-state index < -0.39 is 5.60 Å². The number of carbonyl (C=O) groups is 1. The zero-order valence-electron chi connectivity index (χ0n) is 11.9. The van der Waals surface area contributed by atoms with E-state index in [2.05, 4.69) is 0 Å². The van der Waals surface area contributed by atoms with E-state index in [4.69, 9.17) is 9.47 Å². The van der Waals surface area contributed by atoms with Crippen molar-refractivity contribution in [3.8, 4) is 0 Å². The summed E-state index contributed by atoms with van der Waals surface area (Å²) in [6, 6.07) is 0. The molecule has 0 aromatic rings. The van der Waals surface area contributed by atoms with Gasteiger partial charge in [0.15, 0.2) is 0 Å². The van der Waals surface area contributed by atoms with Gasteiger partial charge in [-0.3, -0.25) is 0 Å². The van der Waals surface area contributed by atoms with E-state index in [0.717, 1.165) is 6.42 Å². The van der Waals surface area contributed by atoms with Crippen molar-refractivity contribution in [1.29, 1.82) is 0 Å². The van der Waals surface area contributed by atoms with Gasteiger partial charge in [-0.05, 0) is 27.2 Å². The van der Waals surface area contributed by atoms with Gasteiger partial charge in [-0.1, -0.05) is 6.92 Å². The number of carbonyl (C=O) groups excluding carboxylic acids is 1. The monoisotopic (exact) mass is 259 g/mol. The van der Waals surface area contributed by atoms with Crippen molar-refractivity contribution in [2.75, 3.05) is 32.9 Å². The van der Waals surface area contributed by atoms with Crippen molar-refractivity contribution < 1.29 is 19.4 Å². The summed E-state index contributed by atoms with van der Waals surface area (Å²) in [5, 5.41) is 9.41. The van der Waals surface area contributed by atoms with Gasteiger partial charge in [0.2, 0.25) is 0 Å². The molecule has 18 heavy (non-hydrogen) atoms. The van der Waals surface area contributed by atoms with Crippen LogP contribution < -0.4 is 0 Å². The Labute approximate surface area is 109 Å². The number of hydrogen-bond acceptors (Lipinski definition) is 4. The van der Waals surface area contributed by atoms with Crippen molar-refractivity contribution in [2.24, 2.45) is 5.41 Å². The SMILES string of the molecule is CCCOCC1(CO)CN(C(=O)OC(C)(C)C)C1. The molecule has 1 rings (SSSR count). The van der Waals surface area contributed by atoms with Crippen molar-refractivity contribution in [3.05, 3.63) is 0 Å². The number of ether oxygens (including phenoxy) is 2. The van der Waals surface area contributed by atoms with Crippen molar-refractivity contribution in [1.82, 2.24) is 4.90 Å². The molecule has 0 aliphatic carbocycles. The van der Waals surface area contributed by atoms with Crippen molar-refractivity contribution >= 4 is 6.09 Å². The van der Waals surface area contributed by atoms with Crippen LogP contribution in [0.3, 0.4) is 0 Å². The fourth-order valence-corrected chi connectivity index (χ4v) is 1.89. The van der Waals surface area contributed by atoms with Crippen LogP contribution in [0, 0.1) is 5.41 Å². The summed E-state index contributed by atoms with van der Waals surface area (Å²) >= 11 is 0. The number of aliphatic hydroxyl groups is 1. The summed E-state index contributed by atoms with van der Waals surface area (Å²) in [5.41, 5.74) is -0.778. The van der Waals surface area contributed by atoms with E-state index in [1.807, 2.05) is 27.7 Å². The smallest absolute Gasteiger partial charge is 0.410 e. The number of likely N-dealkylation sites (tertiary alicyclic amines) is 1. The molecule has 0 saturated carbocycles. The van der Waals surface area contributed by atoms with Gasteiger partial charge in [-0.15, -0.1) is 0 Å².